The maximum absolute atomic E-state index is 11.4. The summed E-state index contributed by atoms with van der Waals surface area (Å²) in [4.78, 5) is 23.8. The van der Waals surface area contributed by atoms with Crippen molar-refractivity contribution in [3.63, 3.8) is 0 Å². The first-order valence-electron chi connectivity index (χ1n) is 5.87. The Kier molecular flexibility index (Phi) is 4.46. The van der Waals surface area contributed by atoms with Gasteiger partial charge >= 0.3 is 8.25 Å². The highest BCUT2D eigenvalue weighted by molar-refractivity contribution is 7.32. The van der Waals surface area contributed by atoms with Gasteiger partial charge in [0.25, 0.3) is 5.56 Å². The summed E-state index contributed by atoms with van der Waals surface area (Å²) in [5.74, 6) is -0.0312. The minimum absolute atomic E-state index is 0.0312. The minimum Gasteiger partial charge on any atom is -0.394 e. The average molecular weight is 304 g/mol. The van der Waals surface area contributed by atoms with Gasteiger partial charge in [-0.1, -0.05) is 0 Å². The normalized spacial score (nSPS) is 26.8. The van der Waals surface area contributed by atoms with Gasteiger partial charge in [0.15, 0.2) is 0 Å². The quantitative estimate of drug-likeness (QED) is 0.630. The Morgan fingerprint density at radius 1 is 1.70 bits per heavy atom. The summed E-state index contributed by atoms with van der Waals surface area (Å²) in [6.07, 6.45) is -0.409. The first kappa shape index (κ1) is 15.0. The third-order valence-corrected chi connectivity index (χ3v) is 3.50. The van der Waals surface area contributed by atoms with E-state index in [1.807, 2.05) is 0 Å². The van der Waals surface area contributed by atoms with E-state index in [4.69, 9.17) is 19.9 Å². The molecule has 10 heteroatoms. The molecule has 0 saturated carbocycles. The molecule has 110 valence electrons. The minimum atomic E-state index is -2.80. The first-order valence-corrected chi connectivity index (χ1v) is 7.00. The van der Waals surface area contributed by atoms with Gasteiger partial charge < -0.3 is 15.6 Å². The molecular weight excluding hydrogens is 289 g/mol. The molecule has 4 atom stereocenters. The summed E-state index contributed by atoms with van der Waals surface area (Å²) in [5.41, 5.74) is 5.63. The van der Waals surface area contributed by atoms with Gasteiger partial charge in [-0.25, -0.2) is 0 Å². The predicted molar refractivity (Wildman–Crippen MR) is 68.0 cm³/mol. The number of aliphatic hydroxyl groups is 1. The highest BCUT2D eigenvalue weighted by Crippen LogP contribution is 2.35. The van der Waals surface area contributed by atoms with Crippen molar-refractivity contribution in [1.29, 1.82) is 0 Å². The van der Waals surface area contributed by atoms with Gasteiger partial charge in [0.2, 0.25) is 5.95 Å². The van der Waals surface area contributed by atoms with E-state index in [0.29, 0.717) is 5.56 Å². The molecule has 0 spiro atoms. The Labute approximate surface area is 114 Å². The molecule has 1 unspecified atom stereocenters. The van der Waals surface area contributed by atoms with Crippen LogP contribution in [0.4, 0.5) is 5.95 Å². The van der Waals surface area contributed by atoms with Gasteiger partial charge in [-0.3, -0.25) is 9.36 Å². The molecule has 1 aliphatic heterocycles. The molecule has 20 heavy (non-hydrogen) atoms. The molecule has 9 nitrogen and oxygen atoms in total. The molecule has 4 N–H and O–H groups in total. The fraction of sp³-hybridized carbons (Fsp3) is 0.600. The van der Waals surface area contributed by atoms with Crippen molar-refractivity contribution in [3.8, 4) is 0 Å². The Balaban J connectivity index is 2.25. The smallest absolute Gasteiger partial charge is 0.394 e. The molecule has 1 fully saturated rings. The summed E-state index contributed by atoms with van der Waals surface area (Å²) in [6.45, 7) is 1.22. The lowest BCUT2D eigenvalue weighted by Crippen LogP contribution is -2.26. The fourth-order valence-corrected chi connectivity index (χ4v) is 2.53. The van der Waals surface area contributed by atoms with E-state index < -0.39 is 32.2 Å². The third kappa shape index (κ3) is 3.02. The van der Waals surface area contributed by atoms with E-state index in [-0.39, 0.29) is 19.0 Å². The van der Waals surface area contributed by atoms with E-state index in [2.05, 4.69) is 4.98 Å². The van der Waals surface area contributed by atoms with Gasteiger partial charge in [0.1, 0.15) is 18.4 Å². The molecule has 0 aliphatic carbocycles. The molecule has 1 aliphatic rings. The lowest BCUT2D eigenvalue weighted by molar-refractivity contribution is -0.0404. The molecule has 0 bridgehead atoms. The average Bonchev–Trinajstić information content (AvgIpc) is 2.75. The van der Waals surface area contributed by atoms with E-state index in [1.54, 1.807) is 6.92 Å². The van der Waals surface area contributed by atoms with Gasteiger partial charge in [0.05, 0.1) is 6.61 Å². The van der Waals surface area contributed by atoms with Crippen molar-refractivity contribution < 1.29 is 23.8 Å². The number of nitrogen functional groups attached to an aromatic ring is 1. The lowest BCUT2D eigenvalue weighted by atomic mass is 10.2. The zero-order valence-corrected chi connectivity index (χ0v) is 11.6. The van der Waals surface area contributed by atoms with Crippen LogP contribution in [0, 0.1) is 6.92 Å². The molecule has 0 amide bonds. The second-order valence-corrected chi connectivity index (χ2v) is 5.11. The van der Waals surface area contributed by atoms with Gasteiger partial charge in [-0.05, 0) is 6.92 Å². The topological polar surface area (TPSA) is 137 Å². The Morgan fingerprint density at radius 2 is 2.40 bits per heavy atom. The molecule has 2 heterocycles. The van der Waals surface area contributed by atoms with Gasteiger partial charge in [-0.15, -0.1) is 9.42 Å². The number of nitrogens with two attached hydrogens (primary N) is 1. The maximum atomic E-state index is 11.4. The lowest BCUT2D eigenvalue weighted by Gasteiger charge is -2.17. The first-order chi connectivity index (χ1) is 9.42. The zero-order chi connectivity index (χ0) is 14.9. The fourth-order valence-electron chi connectivity index (χ4n) is 2.07. The molecular formula is C10H15N3O6P+. The Hall–Kier alpha value is -1.38. The molecule has 0 radical (unpaired) electrons. The number of ether oxygens (including phenoxy) is 1. The van der Waals surface area contributed by atoms with Crippen LogP contribution in [0.5, 0.6) is 0 Å². The van der Waals surface area contributed by atoms with Crippen molar-refractivity contribution in [2.24, 2.45) is 0 Å². The SMILES string of the molecule is Cc1cn([C@H]2C[C@@H](O[P+](=O)O)[C@@H](CO)O2)c(N)nc1=O. The highest BCUT2D eigenvalue weighted by atomic mass is 31.1. The van der Waals surface area contributed by atoms with Gasteiger partial charge in [0, 0.05) is 22.7 Å². The molecule has 1 aromatic rings. The van der Waals surface area contributed by atoms with Crippen LogP contribution in [0.1, 0.15) is 18.2 Å². The van der Waals surface area contributed by atoms with Crippen LogP contribution in [0.15, 0.2) is 11.0 Å². The van der Waals surface area contributed by atoms with Crippen LogP contribution in [0.2, 0.25) is 0 Å². The molecule has 0 aromatic carbocycles. The number of hydrogen-bond donors (Lipinski definition) is 3. The number of nitrogens with zero attached hydrogens (tertiary/aromatic N) is 2. The number of rotatable bonds is 4. The second kappa shape index (κ2) is 5.94. The number of anilines is 1. The van der Waals surface area contributed by atoms with Crippen molar-refractivity contribution in [2.45, 2.75) is 31.8 Å². The van der Waals surface area contributed by atoms with E-state index >= 15 is 0 Å². The highest BCUT2D eigenvalue weighted by Gasteiger charge is 2.42. The number of aromatic nitrogens is 2. The standard InChI is InChI=1S/C10H14N3O6P/c1-5-3-13(10(11)12-9(5)15)8-2-6(19-20(16)17)7(4-14)18-8/h3,6-8,14H,2,4H2,1H3,(H2-,11,12,15,16,17)/p+1/t6-,7-,8-/m1/s1. The monoisotopic (exact) mass is 304 g/mol. The number of aliphatic hydroxyl groups excluding tert-OH is 1. The van der Waals surface area contributed by atoms with Crippen LogP contribution >= 0.6 is 8.25 Å². The zero-order valence-electron chi connectivity index (χ0n) is 10.7. The molecule has 2 rings (SSSR count). The summed E-state index contributed by atoms with van der Waals surface area (Å²) < 4.78 is 22.5. The summed E-state index contributed by atoms with van der Waals surface area (Å²) in [5, 5.41) is 9.19. The molecule has 1 aromatic heterocycles. The van der Waals surface area contributed by atoms with E-state index in [0.717, 1.165) is 0 Å². The van der Waals surface area contributed by atoms with Gasteiger partial charge in [-0.2, -0.15) is 4.98 Å². The van der Waals surface area contributed by atoms with Crippen LogP contribution < -0.4 is 11.3 Å². The van der Waals surface area contributed by atoms with Crippen molar-refractivity contribution >= 4 is 14.2 Å². The number of hydrogen-bond acceptors (Lipinski definition) is 7. The summed E-state index contributed by atoms with van der Waals surface area (Å²) >= 11 is 0. The third-order valence-electron chi connectivity index (χ3n) is 3.05. The summed E-state index contributed by atoms with van der Waals surface area (Å²) in [6, 6.07) is 0. The predicted octanol–water partition coefficient (Wildman–Crippen LogP) is -0.551. The summed E-state index contributed by atoms with van der Waals surface area (Å²) in [7, 11) is -2.80. The van der Waals surface area contributed by atoms with Crippen molar-refractivity contribution in [3.05, 3.63) is 22.1 Å². The van der Waals surface area contributed by atoms with Crippen molar-refractivity contribution in [2.75, 3.05) is 12.3 Å². The number of aryl methyl sites for hydroxylation is 1. The molecule has 1 saturated heterocycles. The van der Waals surface area contributed by atoms with Crippen LogP contribution in [0.3, 0.4) is 0 Å². The van der Waals surface area contributed by atoms with Crippen LogP contribution in [-0.4, -0.2) is 38.4 Å². The van der Waals surface area contributed by atoms with E-state index in [9.17, 15) is 14.5 Å². The second-order valence-electron chi connectivity index (χ2n) is 4.42. The van der Waals surface area contributed by atoms with Crippen LogP contribution in [0.25, 0.3) is 0 Å². The largest absolute Gasteiger partial charge is 0.695 e. The Bertz CT molecular complexity index is 577. The van der Waals surface area contributed by atoms with Crippen LogP contribution in [-0.2, 0) is 13.8 Å². The van der Waals surface area contributed by atoms with Crippen molar-refractivity contribution in [1.82, 2.24) is 9.55 Å². The maximum Gasteiger partial charge on any atom is 0.695 e. The van der Waals surface area contributed by atoms with E-state index in [1.165, 1.54) is 10.8 Å². The Morgan fingerprint density at radius 3 is 3.00 bits per heavy atom.